The van der Waals surface area contributed by atoms with Gasteiger partial charge in [0, 0.05) is 5.56 Å². The van der Waals surface area contributed by atoms with Crippen molar-refractivity contribution in [3.8, 4) is 6.01 Å². The molecule has 0 aliphatic heterocycles. The predicted molar refractivity (Wildman–Crippen MR) is 121 cm³/mol. The van der Waals surface area contributed by atoms with E-state index in [0.29, 0.717) is 34.7 Å². The number of carbonyl (C=O) groups is 1. The number of H-pyrrole nitrogens is 1. The molecular formula is C24H25ClF3N3O3. The molecule has 0 saturated heterocycles. The molecular weight excluding hydrogens is 471 g/mol. The zero-order valence-electron chi connectivity index (χ0n) is 18.8. The van der Waals surface area contributed by atoms with Crippen LogP contribution >= 0.6 is 11.6 Å². The van der Waals surface area contributed by atoms with Gasteiger partial charge in [0.25, 0.3) is 6.01 Å². The molecule has 6 nitrogen and oxygen atoms in total. The summed E-state index contributed by atoms with van der Waals surface area (Å²) in [5, 5.41) is 9.70. The second-order valence-corrected chi connectivity index (χ2v) is 9.65. The van der Waals surface area contributed by atoms with Crippen LogP contribution in [0.3, 0.4) is 0 Å². The van der Waals surface area contributed by atoms with E-state index in [0.717, 1.165) is 0 Å². The summed E-state index contributed by atoms with van der Waals surface area (Å²) >= 11 is 6.32. The van der Waals surface area contributed by atoms with Crippen LogP contribution in [0.4, 0.5) is 13.2 Å². The van der Waals surface area contributed by atoms with Crippen LogP contribution in [-0.2, 0) is 17.6 Å². The summed E-state index contributed by atoms with van der Waals surface area (Å²) < 4.78 is 49.0. The molecule has 0 bridgehead atoms. The van der Waals surface area contributed by atoms with Crippen LogP contribution in [-0.4, -0.2) is 37.8 Å². The number of imidazole rings is 1. The fourth-order valence-electron chi connectivity index (χ4n) is 4.32. The Hall–Kier alpha value is -2.81. The maximum atomic E-state index is 15.3. The molecule has 4 rings (SSSR count). The molecule has 1 fully saturated rings. The molecule has 0 amide bonds. The van der Waals surface area contributed by atoms with E-state index < -0.39 is 28.7 Å². The monoisotopic (exact) mass is 495 g/mol. The second kappa shape index (κ2) is 9.09. The number of nitrogens with one attached hydrogen (secondary N) is 1. The minimum Gasteiger partial charge on any atom is -0.481 e. The minimum atomic E-state index is -1.81. The molecule has 0 radical (unpaired) electrons. The number of carboxylic acid groups (broad SMARTS) is 1. The fourth-order valence-corrected chi connectivity index (χ4v) is 4.57. The lowest BCUT2D eigenvalue weighted by atomic mass is 9.68. The molecule has 2 heterocycles. The number of aromatic amines is 1. The van der Waals surface area contributed by atoms with Crippen LogP contribution in [0.5, 0.6) is 6.01 Å². The van der Waals surface area contributed by atoms with E-state index >= 15 is 4.39 Å². The number of aromatic nitrogens is 3. The van der Waals surface area contributed by atoms with Crippen LogP contribution in [0.2, 0.25) is 5.02 Å². The van der Waals surface area contributed by atoms with Crippen molar-refractivity contribution in [1.29, 1.82) is 0 Å². The van der Waals surface area contributed by atoms with Crippen LogP contribution in [0.1, 0.15) is 50.8 Å². The summed E-state index contributed by atoms with van der Waals surface area (Å²) in [5.74, 6) is -2.41. The van der Waals surface area contributed by atoms with Gasteiger partial charge in [-0.25, -0.2) is 18.2 Å². The third-order valence-electron chi connectivity index (χ3n) is 6.81. The van der Waals surface area contributed by atoms with Gasteiger partial charge in [-0.2, -0.15) is 4.98 Å². The number of pyridine rings is 1. The highest BCUT2D eigenvalue weighted by Crippen LogP contribution is 2.46. The van der Waals surface area contributed by atoms with E-state index in [-0.39, 0.29) is 43.4 Å². The zero-order chi connectivity index (χ0) is 24.7. The molecule has 3 aromatic rings. The first-order valence-corrected chi connectivity index (χ1v) is 11.4. The van der Waals surface area contributed by atoms with E-state index in [1.807, 2.05) is 0 Å². The average Bonchev–Trinajstić information content (AvgIpc) is 3.15. The standard InChI is InChI=1S/C24H25ClF3N3O3/c1-23(2,21(32)33)24(28)10-8-13(9-11-24)34-22-30-19-12-15(25)18(29-20(19)31-22)7-6-14-16(26)4-3-5-17(14)27/h3-5,12-13H,6-11H2,1-2H3,(H,32,33)(H,29,30,31). The number of alkyl halides is 1. The van der Waals surface area contributed by atoms with Gasteiger partial charge in [0.05, 0.1) is 21.6 Å². The van der Waals surface area contributed by atoms with Crippen molar-refractivity contribution in [3.63, 3.8) is 0 Å². The highest BCUT2D eigenvalue weighted by atomic mass is 35.5. The summed E-state index contributed by atoms with van der Waals surface area (Å²) in [4.78, 5) is 23.2. The van der Waals surface area contributed by atoms with Gasteiger partial charge >= 0.3 is 5.97 Å². The van der Waals surface area contributed by atoms with E-state index in [1.165, 1.54) is 32.0 Å². The summed E-state index contributed by atoms with van der Waals surface area (Å²) in [6.45, 7) is 2.81. The van der Waals surface area contributed by atoms with Crippen molar-refractivity contribution in [2.45, 2.75) is 64.1 Å². The molecule has 0 spiro atoms. The van der Waals surface area contributed by atoms with Crippen molar-refractivity contribution >= 4 is 28.7 Å². The fraction of sp³-hybridized carbons (Fsp3) is 0.458. The lowest BCUT2D eigenvalue weighted by Crippen LogP contribution is -2.49. The smallest absolute Gasteiger partial charge is 0.312 e. The number of fused-ring (bicyclic) bond motifs is 1. The quantitative estimate of drug-likeness (QED) is 0.431. The Bertz CT molecular complexity index is 1200. The minimum absolute atomic E-state index is 0.0289. The zero-order valence-corrected chi connectivity index (χ0v) is 19.6. The number of hydrogen-bond acceptors (Lipinski definition) is 4. The lowest BCUT2D eigenvalue weighted by molar-refractivity contribution is -0.160. The Balaban J connectivity index is 1.44. The Morgan fingerprint density at radius 3 is 2.50 bits per heavy atom. The van der Waals surface area contributed by atoms with Gasteiger partial charge in [-0.3, -0.25) is 4.79 Å². The third kappa shape index (κ3) is 4.58. The molecule has 2 aromatic heterocycles. The van der Waals surface area contributed by atoms with E-state index in [4.69, 9.17) is 16.3 Å². The first-order valence-electron chi connectivity index (χ1n) is 11.1. The predicted octanol–water partition coefficient (Wildman–Crippen LogP) is 5.82. The molecule has 10 heteroatoms. The van der Waals surface area contributed by atoms with Crippen molar-refractivity contribution in [3.05, 3.63) is 52.2 Å². The maximum absolute atomic E-state index is 15.3. The van der Waals surface area contributed by atoms with Crippen LogP contribution < -0.4 is 4.74 Å². The number of rotatable bonds is 7. The summed E-state index contributed by atoms with van der Waals surface area (Å²) in [6, 6.07) is 5.54. The molecule has 0 atom stereocenters. The largest absolute Gasteiger partial charge is 0.481 e. The molecule has 0 unspecified atom stereocenters. The highest BCUT2D eigenvalue weighted by molar-refractivity contribution is 6.31. The maximum Gasteiger partial charge on any atom is 0.312 e. The van der Waals surface area contributed by atoms with Gasteiger partial charge in [0.2, 0.25) is 0 Å². The van der Waals surface area contributed by atoms with Crippen LogP contribution in [0, 0.1) is 17.0 Å². The average molecular weight is 496 g/mol. The molecule has 1 saturated carbocycles. The summed E-state index contributed by atoms with van der Waals surface area (Å²) in [7, 11) is 0. The van der Waals surface area contributed by atoms with Crippen LogP contribution in [0.15, 0.2) is 24.3 Å². The van der Waals surface area contributed by atoms with Gasteiger partial charge < -0.3 is 14.8 Å². The topological polar surface area (TPSA) is 88.1 Å². The number of nitrogens with zero attached hydrogens (tertiary/aromatic N) is 2. The number of halogens is 4. The van der Waals surface area contributed by atoms with Gasteiger partial charge in [0.15, 0.2) is 5.65 Å². The molecule has 182 valence electrons. The molecule has 1 aromatic carbocycles. The normalized spacial score (nSPS) is 21.1. The number of ether oxygens (including phenoxy) is 1. The third-order valence-corrected chi connectivity index (χ3v) is 7.14. The van der Waals surface area contributed by atoms with Gasteiger partial charge in [-0.05, 0) is 70.6 Å². The van der Waals surface area contributed by atoms with E-state index in [1.54, 1.807) is 6.07 Å². The molecule has 34 heavy (non-hydrogen) atoms. The van der Waals surface area contributed by atoms with Crippen molar-refractivity contribution in [2.24, 2.45) is 5.41 Å². The van der Waals surface area contributed by atoms with E-state index in [9.17, 15) is 18.7 Å². The summed E-state index contributed by atoms with van der Waals surface area (Å²) in [5.41, 5.74) is -2.01. The molecule has 1 aliphatic rings. The second-order valence-electron chi connectivity index (χ2n) is 9.24. The number of aryl methyl sites for hydroxylation is 1. The number of carboxylic acids is 1. The first kappa shape index (κ1) is 24.3. The SMILES string of the molecule is CC(C)(C(=O)O)C1(F)CCC(Oc2nc3nc(CCc4c(F)cccc4F)c(Cl)cc3[nH]2)CC1. The van der Waals surface area contributed by atoms with E-state index in [2.05, 4.69) is 15.0 Å². The Morgan fingerprint density at radius 1 is 1.24 bits per heavy atom. The van der Waals surface area contributed by atoms with Crippen LogP contribution in [0.25, 0.3) is 11.2 Å². The Morgan fingerprint density at radius 2 is 1.88 bits per heavy atom. The lowest BCUT2D eigenvalue weighted by Gasteiger charge is -2.41. The van der Waals surface area contributed by atoms with Crippen molar-refractivity contribution in [1.82, 2.24) is 15.0 Å². The summed E-state index contributed by atoms with van der Waals surface area (Å²) in [6.07, 6.45) is 0.805. The van der Waals surface area contributed by atoms with Gasteiger partial charge in [-0.1, -0.05) is 17.7 Å². The van der Waals surface area contributed by atoms with Crippen molar-refractivity contribution < 1.29 is 27.8 Å². The van der Waals surface area contributed by atoms with Gasteiger partial charge in [-0.15, -0.1) is 0 Å². The number of benzene rings is 1. The molecule has 2 N–H and O–H groups in total. The molecule has 1 aliphatic carbocycles. The number of aliphatic carboxylic acids is 1. The van der Waals surface area contributed by atoms with Gasteiger partial charge in [0.1, 0.15) is 23.4 Å². The Kier molecular flexibility index (Phi) is 6.50. The highest BCUT2D eigenvalue weighted by Gasteiger charge is 2.52. The van der Waals surface area contributed by atoms with Crippen molar-refractivity contribution in [2.75, 3.05) is 0 Å². The Labute approximate surface area is 199 Å². The first-order chi connectivity index (χ1) is 16.0. The number of hydrogen-bond donors (Lipinski definition) is 2.